The number of carboxylic acid groups (broad SMARTS) is 1. The van der Waals surface area contributed by atoms with Gasteiger partial charge in [0.05, 0.1) is 11.8 Å². The molecule has 0 radical (unpaired) electrons. The number of nitrogens with one attached hydrogen (secondary N) is 1. The first kappa shape index (κ1) is 15.8. The fourth-order valence-electron chi connectivity index (χ4n) is 2.69. The predicted octanol–water partition coefficient (Wildman–Crippen LogP) is 4.71. The molecule has 2 N–H and O–H groups in total. The van der Waals surface area contributed by atoms with Gasteiger partial charge in [0.2, 0.25) is 0 Å². The maximum absolute atomic E-state index is 11.1. The third kappa shape index (κ3) is 3.30. The molecule has 1 heterocycles. The van der Waals surface area contributed by atoms with E-state index in [1.165, 1.54) is 0 Å². The molecule has 0 aliphatic rings. The van der Waals surface area contributed by atoms with E-state index in [0.717, 1.165) is 22.4 Å². The van der Waals surface area contributed by atoms with Gasteiger partial charge < -0.3 is 14.8 Å². The van der Waals surface area contributed by atoms with Crippen LogP contribution in [0.2, 0.25) is 0 Å². The minimum absolute atomic E-state index is 0.284. The molecule has 5 nitrogen and oxygen atoms in total. The first-order valence-electron chi connectivity index (χ1n) is 7.58. The summed E-state index contributed by atoms with van der Waals surface area (Å²) in [5.74, 6) is -0.351. The Morgan fingerprint density at radius 3 is 2.42 bits per heavy atom. The van der Waals surface area contributed by atoms with E-state index < -0.39 is 5.97 Å². The van der Waals surface area contributed by atoms with Gasteiger partial charge in [0.1, 0.15) is 0 Å². The molecule has 0 aliphatic heterocycles. The third-order valence-electron chi connectivity index (χ3n) is 3.72. The standard InChI is InChI=1S/C19H18N2O3/c1-11-6-12(2)8-15(7-11)21-19-20-10-17(24-19)14-4-5-16(18(22)23)13(3)9-14/h4-10H,1-3H3,(H,20,21)(H,22,23). The molecule has 0 fully saturated rings. The van der Waals surface area contributed by atoms with E-state index in [1.807, 2.05) is 26.0 Å². The Morgan fingerprint density at radius 1 is 1.08 bits per heavy atom. The molecule has 0 saturated carbocycles. The second-order valence-electron chi connectivity index (χ2n) is 5.87. The zero-order chi connectivity index (χ0) is 17.3. The highest BCUT2D eigenvalue weighted by Gasteiger charge is 2.11. The number of aryl methyl sites for hydroxylation is 3. The summed E-state index contributed by atoms with van der Waals surface area (Å²) < 4.78 is 5.74. The highest BCUT2D eigenvalue weighted by atomic mass is 16.4. The van der Waals surface area contributed by atoms with Crippen LogP contribution in [0.3, 0.4) is 0 Å². The lowest BCUT2D eigenvalue weighted by atomic mass is 10.0. The van der Waals surface area contributed by atoms with Crippen molar-refractivity contribution in [3.63, 3.8) is 0 Å². The highest BCUT2D eigenvalue weighted by Crippen LogP contribution is 2.27. The average molecular weight is 322 g/mol. The molecule has 0 saturated heterocycles. The van der Waals surface area contributed by atoms with Crippen molar-refractivity contribution in [2.24, 2.45) is 0 Å². The van der Waals surface area contributed by atoms with Gasteiger partial charge in [-0.25, -0.2) is 9.78 Å². The molecule has 24 heavy (non-hydrogen) atoms. The molecule has 1 aromatic heterocycles. The van der Waals surface area contributed by atoms with Crippen molar-refractivity contribution in [3.05, 3.63) is 64.8 Å². The first-order chi connectivity index (χ1) is 11.4. The molecule has 0 unspecified atom stereocenters. The molecule has 0 aliphatic carbocycles. The molecule has 2 aromatic carbocycles. The van der Waals surface area contributed by atoms with Gasteiger partial charge in [-0.15, -0.1) is 0 Å². The van der Waals surface area contributed by atoms with Crippen molar-refractivity contribution in [3.8, 4) is 11.3 Å². The Bertz CT molecular complexity index is 892. The Balaban J connectivity index is 1.85. The van der Waals surface area contributed by atoms with Gasteiger partial charge in [-0.2, -0.15) is 0 Å². The van der Waals surface area contributed by atoms with Gasteiger partial charge in [0, 0.05) is 11.3 Å². The van der Waals surface area contributed by atoms with Crippen molar-refractivity contribution in [2.75, 3.05) is 5.32 Å². The number of rotatable bonds is 4. The van der Waals surface area contributed by atoms with Gasteiger partial charge >= 0.3 is 5.97 Å². The summed E-state index contributed by atoms with van der Waals surface area (Å²) >= 11 is 0. The number of aromatic carboxylic acids is 1. The van der Waals surface area contributed by atoms with Crippen molar-refractivity contribution >= 4 is 17.7 Å². The van der Waals surface area contributed by atoms with Crippen LogP contribution in [0, 0.1) is 20.8 Å². The van der Waals surface area contributed by atoms with E-state index >= 15 is 0 Å². The summed E-state index contributed by atoms with van der Waals surface area (Å²) in [4.78, 5) is 15.3. The molecular formula is C19H18N2O3. The number of hydrogen-bond donors (Lipinski definition) is 2. The normalized spacial score (nSPS) is 10.6. The van der Waals surface area contributed by atoms with E-state index in [-0.39, 0.29) is 5.56 Å². The number of benzene rings is 2. The van der Waals surface area contributed by atoms with Crippen LogP contribution in [0.4, 0.5) is 11.7 Å². The van der Waals surface area contributed by atoms with Crippen LogP contribution in [0.1, 0.15) is 27.0 Å². The van der Waals surface area contributed by atoms with Gasteiger partial charge in [-0.3, -0.25) is 0 Å². The van der Waals surface area contributed by atoms with Crippen LogP contribution in [-0.4, -0.2) is 16.1 Å². The summed E-state index contributed by atoms with van der Waals surface area (Å²) in [5, 5.41) is 12.2. The van der Waals surface area contributed by atoms with Crippen molar-refractivity contribution < 1.29 is 14.3 Å². The lowest BCUT2D eigenvalue weighted by molar-refractivity contribution is 0.0696. The molecular weight excluding hydrogens is 304 g/mol. The average Bonchev–Trinajstić information content (AvgIpc) is 2.94. The van der Waals surface area contributed by atoms with E-state index in [2.05, 4.69) is 16.4 Å². The highest BCUT2D eigenvalue weighted by molar-refractivity contribution is 5.90. The fraction of sp³-hybridized carbons (Fsp3) is 0.158. The van der Waals surface area contributed by atoms with Crippen LogP contribution >= 0.6 is 0 Å². The summed E-state index contributed by atoms with van der Waals surface area (Å²) in [6, 6.07) is 11.6. The molecule has 0 bridgehead atoms. The first-order valence-corrected chi connectivity index (χ1v) is 7.58. The molecule has 0 spiro atoms. The minimum atomic E-state index is -0.936. The fourth-order valence-corrected chi connectivity index (χ4v) is 2.69. The Hall–Kier alpha value is -3.08. The lowest BCUT2D eigenvalue weighted by Gasteiger charge is -2.05. The third-order valence-corrected chi connectivity index (χ3v) is 3.72. The number of nitrogens with zero attached hydrogens (tertiary/aromatic N) is 1. The lowest BCUT2D eigenvalue weighted by Crippen LogP contribution is -1.99. The number of anilines is 2. The van der Waals surface area contributed by atoms with Gasteiger partial charge in [-0.1, -0.05) is 12.1 Å². The summed E-state index contributed by atoms with van der Waals surface area (Å²) in [6.07, 6.45) is 1.63. The second kappa shape index (κ2) is 6.20. The maximum Gasteiger partial charge on any atom is 0.335 e. The molecule has 3 aromatic rings. The Kier molecular flexibility index (Phi) is 4.08. The molecule has 3 rings (SSSR count). The van der Waals surface area contributed by atoms with Crippen LogP contribution in [0.25, 0.3) is 11.3 Å². The Morgan fingerprint density at radius 2 is 1.79 bits per heavy atom. The second-order valence-corrected chi connectivity index (χ2v) is 5.87. The smallest absolute Gasteiger partial charge is 0.335 e. The summed E-state index contributed by atoms with van der Waals surface area (Å²) in [7, 11) is 0. The summed E-state index contributed by atoms with van der Waals surface area (Å²) in [5.41, 5.74) is 4.98. The maximum atomic E-state index is 11.1. The van der Waals surface area contributed by atoms with E-state index in [9.17, 15) is 4.79 Å². The van der Waals surface area contributed by atoms with Crippen LogP contribution in [0.5, 0.6) is 0 Å². The zero-order valence-corrected chi connectivity index (χ0v) is 13.8. The van der Waals surface area contributed by atoms with Gasteiger partial charge in [0.25, 0.3) is 6.01 Å². The van der Waals surface area contributed by atoms with Gasteiger partial charge in [-0.05, 0) is 61.7 Å². The number of aromatic nitrogens is 1. The topological polar surface area (TPSA) is 75.4 Å². The predicted molar refractivity (Wildman–Crippen MR) is 92.8 cm³/mol. The van der Waals surface area contributed by atoms with Crippen molar-refractivity contribution in [2.45, 2.75) is 20.8 Å². The minimum Gasteiger partial charge on any atom is -0.478 e. The number of carbonyl (C=O) groups is 1. The van der Waals surface area contributed by atoms with E-state index in [1.54, 1.807) is 31.3 Å². The van der Waals surface area contributed by atoms with E-state index in [0.29, 0.717) is 17.3 Å². The van der Waals surface area contributed by atoms with Crippen molar-refractivity contribution in [1.29, 1.82) is 0 Å². The molecule has 0 atom stereocenters. The van der Waals surface area contributed by atoms with E-state index in [4.69, 9.17) is 9.52 Å². The van der Waals surface area contributed by atoms with Gasteiger partial charge in [0.15, 0.2) is 5.76 Å². The number of oxazole rings is 1. The SMILES string of the molecule is Cc1cc(C)cc(Nc2ncc(-c3ccc(C(=O)O)c(C)c3)o2)c1. The summed E-state index contributed by atoms with van der Waals surface area (Å²) in [6.45, 7) is 5.83. The number of hydrogen-bond acceptors (Lipinski definition) is 4. The molecule has 122 valence electrons. The van der Waals surface area contributed by atoms with Crippen molar-refractivity contribution in [1.82, 2.24) is 4.98 Å². The quantitative estimate of drug-likeness (QED) is 0.727. The molecule has 5 heteroatoms. The van der Waals surface area contributed by atoms with Crippen LogP contribution < -0.4 is 5.32 Å². The zero-order valence-electron chi connectivity index (χ0n) is 13.8. The molecule has 0 amide bonds. The van der Waals surface area contributed by atoms with Crippen LogP contribution in [-0.2, 0) is 0 Å². The van der Waals surface area contributed by atoms with Crippen LogP contribution in [0.15, 0.2) is 47.0 Å². The Labute approximate surface area is 140 Å². The monoisotopic (exact) mass is 322 g/mol. The largest absolute Gasteiger partial charge is 0.478 e. The number of carboxylic acids is 1.